The first kappa shape index (κ1) is 34.3. The molecule has 1 N–H and O–H groups in total. The van der Waals surface area contributed by atoms with Crippen LogP contribution in [0.15, 0.2) is 64.6 Å². The molecule has 1 unspecified atom stereocenters. The predicted octanol–water partition coefficient (Wildman–Crippen LogP) is 5.73. The third-order valence-corrected chi connectivity index (χ3v) is 9.37. The molecule has 0 spiro atoms. The third kappa shape index (κ3) is 8.48. The summed E-state index contributed by atoms with van der Waals surface area (Å²) >= 11 is 0. The van der Waals surface area contributed by atoms with Crippen molar-refractivity contribution in [2.45, 2.75) is 38.5 Å². The number of esters is 1. The fourth-order valence-electron chi connectivity index (χ4n) is 5.71. The molecule has 10 nitrogen and oxygen atoms in total. The van der Waals surface area contributed by atoms with Gasteiger partial charge < -0.3 is 23.9 Å². The number of carbonyl (C=O) groups excluding carboxylic acids is 2. The van der Waals surface area contributed by atoms with E-state index in [0.29, 0.717) is 53.2 Å². The molecular formula is C35H41FN2O8S. The number of anilines is 1. The number of nitrogens with zero attached hydrogens (tertiary/aromatic N) is 1. The highest BCUT2D eigenvalue weighted by Gasteiger charge is 2.33. The Morgan fingerprint density at radius 2 is 1.79 bits per heavy atom. The number of allylic oxidation sites excluding steroid dienone is 2. The molecule has 0 bridgehead atoms. The van der Waals surface area contributed by atoms with Gasteiger partial charge in [0.25, 0.3) is 5.91 Å². The molecule has 252 valence electrons. The summed E-state index contributed by atoms with van der Waals surface area (Å²) < 4.78 is 63.9. The molecule has 1 atom stereocenters. The number of halogens is 1. The Bertz CT molecular complexity index is 1760. The molecule has 3 aromatic rings. The summed E-state index contributed by atoms with van der Waals surface area (Å²) in [7, 11) is -2.18. The number of benzene rings is 2. The van der Waals surface area contributed by atoms with Gasteiger partial charge in [0.05, 0.1) is 56.1 Å². The van der Waals surface area contributed by atoms with Gasteiger partial charge in [0.2, 0.25) is 10.0 Å². The molecule has 0 aliphatic heterocycles. The minimum Gasteiger partial charge on any atom is -0.462 e. The van der Waals surface area contributed by atoms with Crippen LogP contribution in [0.25, 0.3) is 22.3 Å². The zero-order valence-electron chi connectivity index (χ0n) is 26.9. The normalized spacial score (nSPS) is 16.3. The van der Waals surface area contributed by atoms with E-state index in [-0.39, 0.29) is 49.2 Å². The number of furan rings is 1. The van der Waals surface area contributed by atoms with Crippen LogP contribution < -0.4 is 9.62 Å². The van der Waals surface area contributed by atoms with Crippen molar-refractivity contribution in [2.75, 3.05) is 57.2 Å². The second kappa shape index (κ2) is 15.3. The summed E-state index contributed by atoms with van der Waals surface area (Å²) in [4.78, 5) is 25.0. The van der Waals surface area contributed by atoms with Crippen molar-refractivity contribution in [3.63, 3.8) is 0 Å². The summed E-state index contributed by atoms with van der Waals surface area (Å²) in [6.07, 6.45) is 10.2. The van der Waals surface area contributed by atoms with Gasteiger partial charge in [0, 0.05) is 30.7 Å². The van der Waals surface area contributed by atoms with E-state index < -0.39 is 15.8 Å². The van der Waals surface area contributed by atoms with Gasteiger partial charge in [-0.2, -0.15) is 0 Å². The standard InChI is InChI=1S/C35H41FN2O8S/c1-4-45-35(40)26-7-5-6-23(20-26)14-16-43-18-19-44-17-15-38(47(3,41)42)30-22-31-29(21-28(30)24-8-9-24)32(34(39)37-2)33(46-31)25-10-12-27(36)13-11-25/h5,7,10-13,20-24H,4,6,8-9,14-19H2,1-3H3,(H,37,39). The monoisotopic (exact) mass is 668 g/mol. The Hall–Kier alpha value is -4.00. The number of amides is 1. The fraction of sp³-hybridized carbons (Fsp3) is 0.429. The summed E-state index contributed by atoms with van der Waals surface area (Å²) in [5.41, 5.74) is 3.07. The van der Waals surface area contributed by atoms with Gasteiger partial charge in [0.1, 0.15) is 17.2 Å². The van der Waals surface area contributed by atoms with Crippen LogP contribution in [0.4, 0.5) is 10.1 Å². The fourth-order valence-corrected chi connectivity index (χ4v) is 6.63. The van der Waals surface area contributed by atoms with E-state index in [4.69, 9.17) is 18.6 Å². The second-order valence-corrected chi connectivity index (χ2v) is 13.6. The molecule has 1 saturated carbocycles. The topological polar surface area (TPSA) is 124 Å². The van der Waals surface area contributed by atoms with Gasteiger partial charge in [-0.3, -0.25) is 9.10 Å². The van der Waals surface area contributed by atoms with Gasteiger partial charge in [-0.05, 0) is 80.3 Å². The van der Waals surface area contributed by atoms with E-state index in [2.05, 4.69) is 5.32 Å². The molecule has 47 heavy (non-hydrogen) atoms. The smallest absolute Gasteiger partial charge is 0.337 e. The third-order valence-electron chi connectivity index (χ3n) is 8.19. The maximum Gasteiger partial charge on any atom is 0.337 e. The van der Waals surface area contributed by atoms with Crippen LogP contribution in [0.1, 0.15) is 54.4 Å². The highest BCUT2D eigenvalue weighted by atomic mass is 32.2. The van der Waals surface area contributed by atoms with E-state index in [0.717, 1.165) is 37.5 Å². The molecule has 2 aromatic carbocycles. The Kier molecular flexibility index (Phi) is 11.2. The highest BCUT2D eigenvalue weighted by Crippen LogP contribution is 2.48. The van der Waals surface area contributed by atoms with Crippen molar-refractivity contribution in [1.82, 2.24) is 5.32 Å². The minimum atomic E-state index is -3.71. The number of fused-ring (bicyclic) bond motifs is 1. The lowest BCUT2D eigenvalue weighted by molar-refractivity contribution is -0.138. The summed E-state index contributed by atoms with van der Waals surface area (Å²) in [6.45, 7) is 3.45. The number of rotatable bonds is 16. The van der Waals surface area contributed by atoms with Gasteiger partial charge >= 0.3 is 5.97 Å². The molecule has 2 aliphatic carbocycles. The lowest BCUT2D eigenvalue weighted by Gasteiger charge is -2.25. The molecule has 1 fully saturated rings. The average Bonchev–Trinajstić information content (AvgIpc) is 3.83. The van der Waals surface area contributed by atoms with Crippen molar-refractivity contribution in [2.24, 2.45) is 5.92 Å². The van der Waals surface area contributed by atoms with E-state index in [9.17, 15) is 22.4 Å². The Balaban J connectivity index is 1.24. The van der Waals surface area contributed by atoms with Gasteiger partial charge in [-0.15, -0.1) is 0 Å². The van der Waals surface area contributed by atoms with E-state index in [1.54, 1.807) is 31.2 Å². The Labute approximate surface area is 274 Å². The van der Waals surface area contributed by atoms with Crippen LogP contribution >= 0.6 is 0 Å². The molecule has 1 heterocycles. The molecule has 5 rings (SSSR count). The van der Waals surface area contributed by atoms with E-state index in [1.807, 2.05) is 18.2 Å². The number of hydrogen-bond donors (Lipinski definition) is 1. The van der Waals surface area contributed by atoms with Crippen molar-refractivity contribution in [3.8, 4) is 11.3 Å². The van der Waals surface area contributed by atoms with Crippen LogP contribution in [0.2, 0.25) is 0 Å². The van der Waals surface area contributed by atoms with Gasteiger partial charge in [-0.1, -0.05) is 18.2 Å². The zero-order valence-corrected chi connectivity index (χ0v) is 27.7. The first-order valence-corrected chi connectivity index (χ1v) is 17.7. The Morgan fingerprint density at radius 3 is 2.45 bits per heavy atom. The number of ether oxygens (including phenoxy) is 3. The van der Waals surface area contributed by atoms with Crippen molar-refractivity contribution in [1.29, 1.82) is 0 Å². The maximum absolute atomic E-state index is 13.7. The molecular weight excluding hydrogens is 627 g/mol. The lowest BCUT2D eigenvalue weighted by atomic mass is 9.94. The number of nitrogens with one attached hydrogen (secondary N) is 1. The number of hydrogen-bond acceptors (Lipinski definition) is 8. The lowest BCUT2D eigenvalue weighted by Crippen LogP contribution is -2.34. The highest BCUT2D eigenvalue weighted by molar-refractivity contribution is 7.92. The van der Waals surface area contributed by atoms with Crippen LogP contribution in [-0.2, 0) is 29.0 Å². The summed E-state index contributed by atoms with van der Waals surface area (Å²) in [6, 6.07) is 9.19. The largest absolute Gasteiger partial charge is 0.462 e. The minimum absolute atomic E-state index is 0.0771. The molecule has 2 aliphatic rings. The quantitative estimate of drug-likeness (QED) is 0.152. The van der Waals surface area contributed by atoms with Gasteiger partial charge in [-0.25, -0.2) is 17.6 Å². The van der Waals surface area contributed by atoms with Crippen LogP contribution in [0, 0.1) is 11.7 Å². The average molecular weight is 669 g/mol. The summed E-state index contributed by atoms with van der Waals surface area (Å²) in [5.74, 6) is -0.470. The first-order valence-electron chi connectivity index (χ1n) is 15.9. The number of sulfonamides is 1. The van der Waals surface area contributed by atoms with Crippen molar-refractivity contribution in [3.05, 3.63) is 77.1 Å². The van der Waals surface area contributed by atoms with Gasteiger partial charge in [0.15, 0.2) is 0 Å². The molecule has 0 saturated heterocycles. The molecule has 1 aromatic heterocycles. The van der Waals surface area contributed by atoms with Crippen LogP contribution in [0.3, 0.4) is 0 Å². The molecule has 12 heteroatoms. The van der Waals surface area contributed by atoms with Crippen molar-refractivity contribution < 1.29 is 41.0 Å². The Morgan fingerprint density at radius 1 is 1.06 bits per heavy atom. The van der Waals surface area contributed by atoms with Crippen molar-refractivity contribution >= 4 is 38.6 Å². The van der Waals surface area contributed by atoms with E-state index in [1.165, 1.54) is 23.5 Å². The summed E-state index contributed by atoms with van der Waals surface area (Å²) in [5, 5.41) is 3.22. The number of carbonyl (C=O) groups is 2. The predicted molar refractivity (Wildman–Crippen MR) is 177 cm³/mol. The van der Waals surface area contributed by atoms with E-state index >= 15 is 0 Å². The molecule has 0 radical (unpaired) electrons. The zero-order chi connectivity index (χ0) is 33.6. The SMILES string of the molecule is CCOC(=O)C1=CC(CCOCCOCCN(c2cc3oc(-c4ccc(F)cc4)c(C(=O)NC)c3cc2C2CC2)S(C)(=O)=O)CC=C1. The maximum atomic E-state index is 13.7. The second-order valence-electron chi connectivity index (χ2n) is 11.7. The first-order chi connectivity index (χ1) is 22.6. The van der Waals surface area contributed by atoms with Crippen LogP contribution in [-0.4, -0.2) is 73.2 Å². The van der Waals surface area contributed by atoms with Crippen LogP contribution in [0.5, 0.6) is 0 Å². The molecule has 1 amide bonds.